The van der Waals surface area contributed by atoms with Gasteiger partial charge in [-0.1, -0.05) is 6.92 Å². The highest BCUT2D eigenvalue weighted by Crippen LogP contribution is 2.16. The van der Waals surface area contributed by atoms with Gasteiger partial charge in [0.05, 0.1) is 0 Å². The number of rotatable bonds is 1. The van der Waals surface area contributed by atoms with Crippen molar-refractivity contribution in [2.75, 3.05) is 13.1 Å². The summed E-state index contributed by atoms with van der Waals surface area (Å²) in [5.74, 6) is 0.672. The third-order valence-electron chi connectivity index (χ3n) is 2.73. The summed E-state index contributed by atoms with van der Waals surface area (Å²) in [7, 11) is 0. The fourth-order valence-corrected chi connectivity index (χ4v) is 1.67. The van der Waals surface area contributed by atoms with Crippen LogP contribution in [0, 0.1) is 5.92 Å². The molecule has 2 nitrogen and oxygen atoms in total. The van der Waals surface area contributed by atoms with Gasteiger partial charge in [0, 0.05) is 18.6 Å². The molecule has 1 fully saturated rings. The Morgan fingerprint density at radius 3 is 2.55 bits per heavy atom. The van der Waals surface area contributed by atoms with E-state index in [0.29, 0.717) is 18.0 Å². The Labute approximate surface area is 69.8 Å². The van der Waals surface area contributed by atoms with Crippen LogP contribution in [0.15, 0.2) is 0 Å². The van der Waals surface area contributed by atoms with Crippen LogP contribution in [0.25, 0.3) is 0 Å². The zero-order chi connectivity index (χ0) is 8.43. The number of nitrogens with zero attached hydrogens (tertiary/aromatic N) is 1. The fourth-order valence-electron chi connectivity index (χ4n) is 1.67. The van der Waals surface area contributed by atoms with Crippen LogP contribution in [0.5, 0.6) is 0 Å². The van der Waals surface area contributed by atoms with Crippen molar-refractivity contribution in [1.82, 2.24) is 4.90 Å². The van der Waals surface area contributed by atoms with Crippen molar-refractivity contribution in [3.63, 3.8) is 0 Å². The molecule has 0 unspecified atom stereocenters. The Morgan fingerprint density at radius 1 is 1.45 bits per heavy atom. The molecule has 0 saturated carbocycles. The van der Waals surface area contributed by atoms with Gasteiger partial charge in [0.2, 0.25) is 0 Å². The van der Waals surface area contributed by atoms with Crippen molar-refractivity contribution in [2.45, 2.75) is 39.3 Å². The minimum absolute atomic E-state index is 0.435. The molecule has 0 radical (unpaired) electrons. The molecule has 2 N–H and O–H groups in total. The second-order valence-electron chi connectivity index (χ2n) is 4.02. The van der Waals surface area contributed by atoms with Crippen molar-refractivity contribution < 1.29 is 0 Å². The van der Waals surface area contributed by atoms with Gasteiger partial charge in [-0.15, -0.1) is 0 Å². The van der Waals surface area contributed by atoms with E-state index in [9.17, 15) is 0 Å². The number of hydrogen-bond donors (Lipinski definition) is 1. The van der Waals surface area contributed by atoms with Crippen molar-refractivity contribution in [2.24, 2.45) is 11.7 Å². The van der Waals surface area contributed by atoms with Gasteiger partial charge in [-0.25, -0.2) is 0 Å². The first-order chi connectivity index (χ1) is 5.11. The summed E-state index contributed by atoms with van der Waals surface area (Å²) in [6.45, 7) is 9.12. The summed E-state index contributed by atoms with van der Waals surface area (Å²) in [6.07, 6.45) is 1.17. The molecule has 1 heterocycles. The van der Waals surface area contributed by atoms with Gasteiger partial charge < -0.3 is 10.6 Å². The standard InChI is InChI=1S/C9H20N2/c1-7(2)11-5-4-9(10)8(3)6-11/h7-9H,4-6,10H2,1-3H3/t8-,9-/m0/s1. The summed E-state index contributed by atoms with van der Waals surface area (Å²) in [4.78, 5) is 2.51. The van der Waals surface area contributed by atoms with E-state index in [0.717, 1.165) is 0 Å². The SMILES string of the molecule is CC(C)N1CC[C@H](N)[C@@H](C)C1. The van der Waals surface area contributed by atoms with E-state index in [1.807, 2.05) is 0 Å². The van der Waals surface area contributed by atoms with E-state index >= 15 is 0 Å². The average Bonchev–Trinajstić information content (AvgIpc) is 1.94. The van der Waals surface area contributed by atoms with Crippen molar-refractivity contribution >= 4 is 0 Å². The molecular weight excluding hydrogens is 136 g/mol. The van der Waals surface area contributed by atoms with Gasteiger partial charge in [0.15, 0.2) is 0 Å². The molecule has 0 aromatic rings. The Bertz CT molecular complexity index is 123. The van der Waals surface area contributed by atoms with Crippen LogP contribution in [-0.4, -0.2) is 30.1 Å². The summed E-state index contributed by atoms with van der Waals surface area (Å²) < 4.78 is 0. The molecule has 0 aromatic carbocycles. The highest BCUT2D eigenvalue weighted by molar-refractivity contribution is 4.81. The number of hydrogen-bond acceptors (Lipinski definition) is 2. The zero-order valence-electron chi connectivity index (χ0n) is 7.88. The molecule has 2 heteroatoms. The molecule has 1 saturated heterocycles. The highest BCUT2D eigenvalue weighted by Gasteiger charge is 2.23. The third-order valence-corrected chi connectivity index (χ3v) is 2.73. The Kier molecular flexibility index (Phi) is 2.90. The molecular formula is C9H20N2. The lowest BCUT2D eigenvalue weighted by Gasteiger charge is -2.37. The molecule has 11 heavy (non-hydrogen) atoms. The summed E-state index contributed by atoms with van der Waals surface area (Å²) in [5.41, 5.74) is 5.91. The maximum Gasteiger partial charge on any atom is 0.00889 e. The largest absolute Gasteiger partial charge is 0.327 e. The third kappa shape index (κ3) is 2.17. The molecule has 2 atom stereocenters. The second kappa shape index (κ2) is 3.55. The highest BCUT2D eigenvalue weighted by atomic mass is 15.2. The molecule has 1 rings (SSSR count). The van der Waals surface area contributed by atoms with E-state index in [2.05, 4.69) is 25.7 Å². The van der Waals surface area contributed by atoms with Gasteiger partial charge in [-0.2, -0.15) is 0 Å². The van der Waals surface area contributed by atoms with Gasteiger partial charge in [0.25, 0.3) is 0 Å². The van der Waals surface area contributed by atoms with E-state index in [1.165, 1.54) is 19.5 Å². The number of nitrogens with two attached hydrogens (primary N) is 1. The number of likely N-dealkylation sites (tertiary alicyclic amines) is 1. The van der Waals surface area contributed by atoms with Gasteiger partial charge in [-0.3, -0.25) is 0 Å². The monoisotopic (exact) mass is 156 g/mol. The first-order valence-electron chi connectivity index (χ1n) is 4.61. The van der Waals surface area contributed by atoms with Crippen LogP contribution in [0.3, 0.4) is 0 Å². The van der Waals surface area contributed by atoms with Gasteiger partial charge in [0.1, 0.15) is 0 Å². The lowest BCUT2D eigenvalue weighted by Crippen LogP contribution is -2.48. The minimum Gasteiger partial charge on any atom is -0.327 e. The predicted octanol–water partition coefficient (Wildman–Crippen LogP) is 1.06. The molecule has 0 bridgehead atoms. The maximum absolute atomic E-state index is 5.91. The van der Waals surface area contributed by atoms with Crippen LogP contribution in [0.1, 0.15) is 27.2 Å². The van der Waals surface area contributed by atoms with Gasteiger partial charge in [-0.05, 0) is 32.7 Å². The molecule has 0 aromatic heterocycles. The molecule has 1 aliphatic heterocycles. The first-order valence-corrected chi connectivity index (χ1v) is 4.61. The van der Waals surface area contributed by atoms with E-state index in [4.69, 9.17) is 5.73 Å². The van der Waals surface area contributed by atoms with Crippen LogP contribution < -0.4 is 5.73 Å². The van der Waals surface area contributed by atoms with Crippen LogP contribution in [0.2, 0.25) is 0 Å². The topological polar surface area (TPSA) is 29.3 Å². The summed E-state index contributed by atoms with van der Waals surface area (Å²) >= 11 is 0. The second-order valence-corrected chi connectivity index (χ2v) is 4.02. The lowest BCUT2D eigenvalue weighted by atomic mass is 9.94. The van der Waals surface area contributed by atoms with Crippen molar-refractivity contribution in [3.8, 4) is 0 Å². The normalized spacial score (nSPS) is 34.6. The Morgan fingerprint density at radius 2 is 2.09 bits per heavy atom. The first kappa shape index (κ1) is 9.01. The fraction of sp³-hybridized carbons (Fsp3) is 1.00. The molecule has 0 amide bonds. The quantitative estimate of drug-likeness (QED) is 0.615. The zero-order valence-corrected chi connectivity index (χ0v) is 7.88. The maximum atomic E-state index is 5.91. The molecule has 0 spiro atoms. The van der Waals surface area contributed by atoms with Crippen LogP contribution in [-0.2, 0) is 0 Å². The molecule has 66 valence electrons. The van der Waals surface area contributed by atoms with E-state index in [-0.39, 0.29) is 0 Å². The minimum atomic E-state index is 0.435. The smallest absolute Gasteiger partial charge is 0.00889 e. The van der Waals surface area contributed by atoms with Gasteiger partial charge >= 0.3 is 0 Å². The Balaban J connectivity index is 2.40. The average molecular weight is 156 g/mol. The summed E-state index contributed by atoms with van der Waals surface area (Å²) in [6, 6.07) is 1.12. The Hall–Kier alpha value is -0.0800. The number of piperidine rings is 1. The molecule has 0 aliphatic carbocycles. The van der Waals surface area contributed by atoms with Crippen molar-refractivity contribution in [3.05, 3.63) is 0 Å². The van der Waals surface area contributed by atoms with E-state index in [1.54, 1.807) is 0 Å². The molecule has 1 aliphatic rings. The lowest BCUT2D eigenvalue weighted by molar-refractivity contribution is 0.132. The van der Waals surface area contributed by atoms with E-state index < -0.39 is 0 Å². The van der Waals surface area contributed by atoms with Crippen molar-refractivity contribution in [1.29, 1.82) is 0 Å². The predicted molar refractivity (Wildman–Crippen MR) is 48.5 cm³/mol. The summed E-state index contributed by atoms with van der Waals surface area (Å²) in [5, 5.41) is 0. The van der Waals surface area contributed by atoms with Crippen LogP contribution in [0.4, 0.5) is 0 Å². The van der Waals surface area contributed by atoms with Crippen LogP contribution >= 0.6 is 0 Å².